The van der Waals surface area contributed by atoms with Gasteiger partial charge < -0.3 is 70.3 Å². The molecule has 4 fully saturated rings. The van der Waals surface area contributed by atoms with Crippen LogP contribution in [0.5, 0.6) is 0 Å². The Morgan fingerprint density at radius 2 is 0.924 bits per heavy atom. The van der Waals surface area contributed by atoms with E-state index in [1.54, 1.807) is 34.6 Å². The second-order valence-electron chi connectivity index (χ2n) is 27.8. The second-order valence-corrected chi connectivity index (χ2v) is 27.8. The summed E-state index contributed by atoms with van der Waals surface area (Å²) in [5.41, 5.74) is 3.48. The van der Waals surface area contributed by atoms with E-state index in [9.17, 15) is 62.3 Å². The average Bonchev–Trinajstić information content (AvgIpc) is 1.11. The first-order valence-electron chi connectivity index (χ1n) is 37.8. The summed E-state index contributed by atoms with van der Waals surface area (Å²) < 4.78 is 18.0. The molecule has 10 amide bonds. The van der Waals surface area contributed by atoms with Gasteiger partial charge in [-0.25, -0.2) is 14.6 Å². The Bertz CT molecular complexity index is 3390. The van der Waals surface area contributed by atoms with Crippen molar-refractivity contribution in [2.45, 2.75) is 270 Å². The molecule has 28 heteroatoms. The lowest BCUT2D eigenvalue weighted by atomic mass is 9.99. The summed E-state index contributed by atoms with van der Waals surface area (Å²) in [5, 5.41) is 10.1. The molecule has 0 spiro atoms. The van der Waals surface area contributed by atoms with E-state index in [2.05, 4.69) is 104 Å². The Labute approximate surface area is 623 Å². The highest BCUT2D eigenvalue weighted by molar-refractivity contribution is 6.10. The molecule has 28 nitrogen and oxygen atoms in total. The van der Waals surface area contributed by atoms with Crippen molar-refractivity contribution in [2.75, 3.05) is 73.2 Å². The fraction of sp³-hybridized carbons (Fsp3) is 0.688. The largest absolute Gasteiger partial charge is 0.458 e. The molecule has 5 heterocycles. The Morgan fingerprint density at radius 3 is 1.28 bits per heavy atom. The number of esters is 2. The van der Waals surface area contributed by atoms with E-state index >= 15 is 0 Å². The molecule has 6 N–H and O–H groups in total. The first-order valence-corrected chi connectivity index (χ1v) is 37.8. The maximum absolute atomic E-state index is 14.9. The molecule has 1 aliphatic carbocycles. The van der Waals surface area contributed by atoms with Crippen LogP contribution in [-0.4, -0.2) is 221 Å². The monoisotopic (exact) mass is 1480 g/mol. The third-order valence-electron chi connectivity index (χ3n) is 17.5. The van der Waals surface area contributed by atoms with Crippen molar-refractivity contribution in [2.24, 2.45) is 11.8 Å². The number of nitrogen functional groups attached to an aromatic ring is 1. The van der Waals surface area contributed by atoms with Crippen molar-refractivity contribution in [3.8, 4) is 11.5 Å². The lowest BCUT2D eigenvalue weighted by molar-refractivity contribution is -0.163. The maximum Gasteiger partial charge on any atom is 0.329 e. The summed E-state index contributed by atoms with van der Waals surface area (Å²) in [4.78, 5) is 194. The van der Waals surface area contributed by atoms with Crippen molar-refractivity contribution in [1.82, 2.24) is 55.7 Å². The zero-order valence-corrected chi connectivity index (χ0v) is 67.6. The van der Waals surface area contributed by atoms with Crippen LogP contribution in [0.25, 0.3) is 22.6 Å². The number of amides is 10. The molecule has 0 bridgehead atoms. The highest BCUT2D eigenvalue weighted by atomic mass is 16.6. The van der Waals surface area contributed by atoms with E-state index in [0.29, 0.717) is 24.8 Å². The molecule has 6 aliphatic rings. The Hall–Kier alpha value is -8.72. The van der Waals surface area contributed by atoms with Gasteiger partial charge in [0.2, 0.25) is 52.7 Å². The summed E-state index contributed by atoms with van der Waals surface area (Å²) in [6.45, 7) is 36.2. The molecule has 4 saturated heterocycles. The number of nitrogens with two attached hydrogens (primary N) is 1. The summed E-state index contributed by atoms with van der Waals surface area (Å²) >= 11 is 0. The molecule has 5 aliphatic heterocycles. The van der Waals surface area contributed by atoms with Crippen molar-refractivity contribution in [3.63, 3.8) is 0 Å². The summed E-state index contributed by atoms with van der Waals surface area (Å²) in [6, 6.07) is -5.20. The van der Waals surface area contributed by atoms with Crippen LogP contribution in [0.15, 0.2) is 21.3 Å². The third-order valence-corrected chi connectivity index (χ3v) is 17.5. The van der Waals surface area contributed by atoms with Crippen LogP contribution >= 0.6 is 0 Å². The number of aryl methyl sites for hydroxylation is 1. The van der Waals surface area contributed by atoms with E-state index in [1.165, 1.54) is 138 Å². The van der Waals surface area contributed by atoms with E-state index in [0.717, 1.165) is 9.80 Å². The summed E-state index contributed by atoms with van der Waals surface area (Å²) in [6.07, 6.45) is 10.1. The van der Waals surface area contributed by atoms with Gasteiger partial charge in [0.05, 0.1) is 43.0 Å². The predicted octanol–water partition coefficient (Wildman–Crippen LogP) is 8.34. The van der Waals surface area contributed by atoms with E-state index in [1.807, 2.05) is 0 Å². The van der Waals surface area contributed by atoms with E-state index in [4.69, 9.17) is 24.6 Å². The number of hydrogen-bond donors (Lipinski definition) is 5. The molecular formula is C77H128N12O16. The Morgan fingerprint density at radius 1 is 0.562 bits per heavy atom. The van der Waals surface area contributed by atoms with Gasteiger partial charge in [-0.05, 0) is 76.8 Å². The zero-order valence-electron chi connectivity index (χ0n) is 67.6. The fourth-order valence-corrected chi connectivity index (χ4v) is 11.2. The molecule has 7 rings (SSSR count). The SMILES string of the molecule is CCC.CCC.CCC.CCCC.CCCC.CCCC.Cc1c2oc3c(C)ccc(C(=O)NC4C(=O)NCC(=O)N5CCCC5C(=O)N(C)CC(=O)N(C)C(C(C)C)C(=O)OC4C)c3nc-2c(C(=O)NC2C(=O)NCC(=O)N3CCCC3C(=O)N(C)CC(=O)N(C)C(C(C)C)C(=O)OC2C)c(N)c1=O. The molecule has 1 aromatic carbocycles. The van der Waals surface area contributed by atoms with Crippen LogP contribution in [0.2, 0.25) is 0 Å². The number of carbonyl (C=O) groups is 12. The highest BCUT2D eigenvalue weighted by Crippen LogP contribution is 2.35. The number of cyclic esters (lactones) is 2. The fourth-order valence-electron chi connectivity index (χ4n) is 11.2. The van der Waals surface area contributed by atoms with Gasteiger partial charge in [-0.3, -0.25) is 52.7 Å². The Kier molecular flexibility index (Phi) is 42.2. The molecule has 105 heavy (non-hydrogen) atoms. The summed E-state index contributed by atoms with van der Waals surface area (Å²) in [5.74, 6) is -11.2. The number of nitrogens with zero attached hydrogens (tertiary/aromatic N) is 7. The minimum absolute atomic E-state index is 0.0759. The molecular weight excluding hydrogens is 1350 g/mol. The number of rotatable bonds is 9. The van der Waals surface area contributed by atoms with E-state index in [-0.39, 0.29) is 47.5 Å². The van der Waals surface area contributed by atoms with Crippen molar-refractivity contribution in [3.05, 3.63) is 44.6 Å². The number of benzene rings is 2. The van der Waals surface area contributed by atoms with Gasteiger partial charge in [0.1, 0.15) is 59.7 Å². The molecule has 592 valence electrons. The number of unbranched alkanes of at least 4 members (excludes halogenated alkanes) is 3. The second kappa shape index (κ2) is 47.0. The standard InChI is InChI=1S/C56H74N12O16.3C4H10.3C3H8/c1-25(2)44-55(80)82-29(7)40(51(76)58-21-34(69)67-19-13-15-32(67)53(78)63(9)23-36(71)65(44)11)61-49(74)31-18-17-27(5)47-42(31)60-43-38(39(57)46(73)28(6)48(43)84-47)50(75)62-41-30(8)83-56(81)45(26(3)4)66(12)37(72)24-64(10)54(79)33-16-14-20-68(33)35(70)22-59-52(41)77;3*1-3-4-2;3*1-3-2/h17-18,25-26,29-30,32-33,40-41,44-45H,13-16,19-24,57H2,1-12H3,(H,58,76)(H,59,77)(H,61,74)(H,62,75);3*3-4H2,1-2H3;3*3H2,1-2H3. The molecule has 0 radical (unpaired) electrons. The van der Waals surface area contributed by atoms with Gasteiger partial charge in [0, 0.05) is 46.8 Å². The van der Waals surface area contributed by atoms with Gasteiger partial charge >= 0.3 is 11.9 Å². The van der Waals surface area contributed by atoms with Crippen molar-refractivity contribution in [1.29, 1.82) is 0 Å². The van der Waals surface area contributed by atoms with Crippen LogP contribution in [-0.2, 0) is 57.4 Å². The van der Waals surface area contributed by atoms with Gasteiger partial charge in [0.15, 0.2) is 11.3 Å². The van der Waals surface area contributed by atoms with Crippen molar-refractivity contribution >= 4 is 87.8 Å². The van der Waals surface area contributed by atoms with E-state index < -0.39 is 180 Å². The molecule has 1 aromatic rings. The number of carbonyl (C=O) groups excluding carboxylic acids is 12. The number of hydrogen-bond acceptors (Lipinski definition) is 18. The first-order chi connectivity index (χ1) is 49.4. The number of aromatic nitrogens is 1. The predicted molar refractivity (Wildman–Crippen MR) is 408 cm³/mol. The number of nitrogens with one attached hydrogen (secondary N) is 4. The highest BCUT2D eigenvalue weighted by Gasteiger charge is 2.44. The lowest BCUT2D eigenvalue weighted by Gasteiger charge is -2.34. The number of likely N-dealkylation sites (N-methyl/N-ethyl adjacent to an activating group) is 4. The van der Waals surface area contributed by atoms with Crippen LogP contribution in [0.3, 0.4) is 0 Å². The van der Waals surface area contributed by atoms with Gasteiger partial charge in [-0.1, -0.05) is 175 Å². The lowest BCUT2D eigenvalue weighted by Crippen LogP contribution is -2.58. The van der Waals surface area contributed by atoms with Gasteiger partial charge in [-0.2, -0.15) is 0 Å². The summed E-state index contributed by atoms with van der Waals surface area (Å²) in [7, 11) is 5.54. The third kappa shape index (κ3) is 26.4. The normalized spacial score (nSPS) is 21.6. The van der Waals surface area contributed by atoms with Crippen LogP contribution in [0.4, 0.5) is 5.69 Å². The molecule has 0 saturated carbocycles. The minimum atomic E-state index is -1.85. The topological polar surface area (TPSA) is 360 Å². The average molecular weight is 1480 g/mol. The number of anilines is 1. The molecule has 8 unspecified atom stereocenters. The Balaban J connectivity index is 0.00000233. The minimum Gasteiger partial charge on any atom is -0.458 e. The number of fused-ring (bicyclic) bond motifs is 4. The molecule has 8 atom stereocenters. The zero-order chi connectivity index (χ0) is 80.4. The van der Waals surface area contributed by atoms with Crippen LogP contribution in [0.1, 0.15) is 240 Å². The maximum atomic E-state index is 14.9. The first kappa shape index (κ1) is 94.3. The van der Waals surface area contributed by atoms with Crippen LogP contribution in [0, 0.1) is 25.7 Å². The smallest absolute Gasteiger partial charge is 0.329 e. The van der Waals surface area contributed by atoms with Crippen molar-refractivity contribution < 1.29 is 71.4 Å². The number of ether oxygens (including phenoxy) is 2. The molecule has 0 aromatic heterocycles. The van der Waals surface area contributed by atoms with Crippen LogP contribution < -0.4 is 32.4 Å². The quantitative estimate of drug-likeness (QED) is 0.0763. The van der Waals surface area contributed by atoms with Gasteiger partial charge in [0.25, 0.3) is 11.8 Å². The van der Waals surface area contributed by atoms with Gasteiger partial charge in [-0.15, -0.1) is 0 Å².